The Morgan fingerprint density at radius 3 is 2.38 bits per heavy atom. The summed E-state index contributed by atoms with van der Waals surface area (Å²) in [5.41, 5.74) is 1.85. The minimum absolute atomic E-state index is 0.115. The van der Waals surface area contributed by atoms with Crippen molar-refractivity contribution in [2.45, 2.75) is 25.8 Å². The lowest BCUT2D eigenvalue weighted by molar-refractivity contribution is -0.148. The van der Waals surface area contributed by atoms with Crippen molar-refractivity contribution in [2.75, 3.05) is 26.2 Å². The number of carbonyl (C=O) groups excluding carboxylic acids is 3. The zero-order valence-corrected chi connectivity index (χ0v) is 15.5. The van der Waals surface area contributed by atoms with E-state index in [9.17, 15) is 14.4 Å². The topological polar surface area (TPSA) is 69.7 Å². The van der Waals surface area contributed by atoms with Gasteiger partial charge < -0.3 is 15.1 Å². The van der Waals surface area contributed by atoms with Crippen LogP contribution in [0.3, 0.4) is 0 Å². The molecule has 0 bridgehead atoms. The van der Waals surface area contributed by atoms with Crippen molar-refractivity contribution in [1.82, 2.24) is 15.1 Å². The quantitative estimate of drug-likeness (QED) is 0.644. The summed E-state index contributed by atoms with van der Waals surface area (Å²) in [5.74, 6) is -1.16. The van der Waals surface area contributed by atoms with Gasteiger partial charge in [0.05, 0.1) is 0 Å². The summed E-state index contributed by atoms with van der Waals surface area (Å²) >= 11 is 6.09. The highest BCUT2D eigenvalue weighted by Crippen LogP contribution is 2.19. The first-order chi connectivity index (χ1) is 12.4. The van der Waals surface area contributed by atoms with Gasteiger partial charge in [-0.15, -0.1) is 0 Å². The van der Waals surface area contributed by atoms with Gasteiger partial charge in [0.1, 0.15) is 0 Å². The fraction of sp³-hybridized carbons (Fsp3) is 0.421. The van der Waals surface area contributed by atoms with Crippen molar-refractivity contribution in [3.05, 3.63) is 40.4 Å². The van der Waals surface area contributed by atoms with Crippen LogP contribution >= 0.6 is 11.6 Å². The molecule has 3 amide bonds. The van der Waals surface area contributed by atoms with Crippen molar-refractivity contribution in [1.29, 1.82) is 0 Å². The molecule has 0 unspecified atom stereocenters. The predicted octanol–water partition coefficient (Wildman–Crippen LogP) is 1.61. The summed E-state index contributed by atoms with van der Waals surface area (Å²) in [6.45, 7) is 3.49. The van der Waals surface area contributed by atoms with Gasteiger partial charge in [-0.2, -0.15) is 0 Å². The molecule has 26 heavy (non-hydrogen) atoms. The van der Waals surface area contributed by atoms with Gasteiger partial charge in [0.2, 0.25) is 5.91 Å². The largest absolute Gasteiger partial charge is 0.345 e. The van der Waals surface area contributed by atoms with Crippen molar-refractivity contribution in [3.8, 4) is 0 Å². The molecule has 3 rings (SSSR count). The molecule has 1 N–H and O–H groups in total. The zero-order chi connectivity index (χ0) is 18.7. The maximum Gasteiger partial charge on any atom is 0.312 e. The van der Waals surface area contributed by atoms with E-state index >= 15 is 0 Å². The second-order valence-electron chi connectivity index (χ2n) is 6.71. The van der Waals surface area contributed by atoms with Gasteiger partial charge in [-0.1, -0.05) is 23.7 Å². The molecule has 1 aromatic rings. The van der Waals surface area contributed by atoms with Gasteiger partial charge >= 0.3 is 11.8 Å². The molecule has 2 fully saturated rings. The molecule has 1 aliphatic heterocycles. The normalized spacial score (nSPS) is 17.5. The maximum atomic E-state index is 12.3. The Balaban J connectivity index is 1.49. The molecule has 0 atom stereocenters. The summed E-state index contributed by atoms with van der Waals surface area (Å²) in [4.78, 5) is 39.4. The highest BCUT2D eigenvalue weighted by molar-refractivity contribution is 6.35. The first-order valence-corrected chi connectivity index (χ1v) is 9.15. The van der Waals surface area contributed by atoms with Crippen LogP contribution < -0.4 is 5.32 Å². The number of nitrogens with zero attached hydrogens (tertiary/aromatic N) is 2. The van der Waals surface area contributed by atoms with E-state index in [4.69, 9.17) is 11.6 Å². The van der Waals surface area contributed by atoms with Crippen LogP contribution in [0, 0.1) is 6.92 Å². The smallest absolute Gasteiger partial charge is 0.312 e. The van der Waals surface area contributed by atoms with Crippen LogP contribution in [0.5, 0.6) is 0 Å². The van der Waals surface area contributed by atoms with Gasteiger partial charge in [-0.25, -0.2) is 0 Å². The monoisotopic (exact) mass is 375 g/mol. The highest BCUT2D eigenvalue weighted by atomic mass is 35.5. The molecule has 7 heteroatoms. The molecule has 1 aliphatic carbocycles. The van der Waals surface area contributed by atoms with Crippen LogP contribution in [-0.4, -0.2) is 59.7 Å². The Labute approximate surface area is 157 Å². The zero-order valence-electron chi connectivity index (χ0n) is 14.7. The minimum Gasteiger partial charge on any atom is -0.345 e. The van der Waals surface area contributed by atoms with Crippen molar-refractivity contribution in [2.24, 2.45) is 0 Å². The predicted molar refractivity (Wildman–Crippen MR) is 99.5 cm³/mol. The molecular weight excluding hydrogens is 354 g/mol. The summed E-state index contributed by atoms with van der Waals surface area (Å²) in [6.07, 6.45) is 5.13. The SMILES string of the molecule is Cc1ccc(/C=C/C(=O)N2CCN(C(=O)C(=O)NC3CC3)CC2)cc1Cl. The summed E-state index contributed by atoms with van der Waals surface area (Å²) in [5, 5.41) is 3.36. The van der Waals surface area contributed by atoms with Crippen LogP contribution in [0.2, 0.25) is 5.02 Å². The average molecular weight is 376 g/mol. The van der Waals surface area contributed by atoms with Gasteiger partial charge in [0, 0.05) is 43.3 Å². The standard InChI is InChI=1S/C19H22ClN3O3/c1-13-2-3-14(12-16(13)20)4-7-17(24)22-8-10-23(11-9-22)19(26)18(25)21-15-5-6-15/h2-4,7,12,15H,5-6,8-11H2,1H3,(H,21,25)/b7-4+. The molecule has 6 nitrogen and oxygen atoms in total. The van der Waals surface area contributed by atoms with E-state index in [-0.39, 0.29) is 11.9 Å². The lowest BCUT2D eigenvalue weighted by Crippen LogP contribution is -2.53. The molecule has 1 aromatic carbocycles. The van der Waals surface area contributed by atoms with Crippen LogP contribution in [0.4, 0.5) is 0 Å². The van der Waals surface area contributed by atoms with Crippen LogP contribution in [0.15, 0.2) is 24.3 Å². The number of nitrogens with one attached hydrogen (secondary N) is 1. The van der Waals surface area contributed by atoms with E-state index in [0.717, 1.165) is 24.0 Å². The Kier molecular flexibility index (Phi) is 5.61. The highest BCUT2D eigenvalue weighted by Gasteiger charge is 2.31. The first kappa shape index (κ1) is 18.5. The molecule has 1 heterocycles. The van der Waals surface area contributed by atoms with Crippen molar-refractivity contribution < 1.29 is 14.4 Å². The number of piperazine rings is 1. The number of amides is 3. The third-order valence-corrected chi connectivity index (χ3v) is 5.01. The third-order valence-electron chi connectivity index (χ3n) is 4.60. The number of aryl methyl sites for hydroxylation is 1. The fourth-order valence-corrected chi connectivity index (χ4v) is 2.92. The number of rotatable bonds is 3. The Hall–Kier alpha value is -2.34. The fourth-order valence-electron chi connectivity index (χ4n) is 2.73. The Morgan fingerprint density at radius 2 is 1.77 bits per heavy atom. The number of carbonyl (C=O) groups is 3. The van der Waals surface area contributed by atoms with Gasteiger partial charge in [-0.05, 0) is 43.0 Å². The molecule has 0 aromatic heterocycles. The Morgan fingerprint density at radius 1 is 1.12 bits per heavy atom. The van der Waals surface area contributed by atoms with Crippen LogP contribution in [0.25, 0.3) is 6.08 Å². The number of hydrogen-bond donors (Lipinski definition) is 1. The second-order valence-corrected chi connectivity index (χ2v) is 7.11. The molecule has 1 saturated heterocycles. The lowest BCUT2D eigenvalue weighted by atomic mass is 10.1. The van der Waals surface area contributed by atoms with Crippen molar-refractivity contribution >= 4 is 35.4 Å². The third kappa shape index (κ3) is 4.64. The van der Waals surface area contributed by atoms with Crippen LogP contribution in [0.1, 0.15) is 24.0 Å². The number of benzene rings is 1. The van der Waals surface area contributed by atoms with E-state index < -0.39 is 11.8 Å². The van der Waals surface area contributed by atoms with E-state index in [2.05, 4.69) is 5.32 Å². The lowest BCUT2D eigenvalue weighted by Gasteiger charge is -2.33. The van der Waals surface area contributed by atoms with Gasteiger partial charge in [0.15, 0.2) is 0 Å². The van der Waals surface area contributed by atoms with Crippen molar-refractivity contribution in [3.63, 3.8) is 0 Å². The average Bonchev–Trinajstić information content (AvgIpc) is 3.46. The summed E-state index contributed by atoms with van der Waals surface area (Å²) in [7, 11) is 0. The van der Waals surface area contributed by atoms with E-state index in [1.807, 2.05) is 25.1 Å². The molecular formula is C19H22ClN3O3. The summed E-state index contributed by atoms with van der Waals surface area (Å²) in [6, 6.07) is 5.79. The summed E-state index contributed by atoms with van der Waals surface area (Å²) < 4.78 is 0. The van der Waals surface area contributed by atoms with E-state index in [1.54, 1.807) is 11.0 Å². The van der Waals surface area contributed by atoms with Gasteiger partial charge in [0.25, 0.3) is 0 Å². The van der Waals surface area contributed by atoms with E-state index in [1.165, 1.54) is 11.0 Å². The Bertz CT molecular complexity index is 750. The maximum absolute atomic E-state index is 12.3. The van der Waals surface area contributed by atoms with Gasteiger partial charge in [-0.3, -0.25) is 14.4 Å². The molecule has 1 saturated carbocycles. The van der Waals surface area contributed by atoms with Crippen LogP contribution in [-0.2, 0) is 14.4 Å². The van der Waals surface area contributed by atoms with E-state index in [0.29, 0.717) is 31.2 Å². The first-order valence-electron chi connectivity index (χ1n) is 8.77. The molecule has 0 spiro atoms. The molecule has 2 aliphatic rings. The minimum atomic E-state index is -0.538. The molecule has 138 valence electrons. The second kappa shape index (κ2) is 7.91. The molecule has 0 radical (unpaired) electrons. The number of halogens is 1. The number of hydrogen-bond acceptors (Lipinski definition) is 3.